The number of nitrogens with zero attached hydrogens (tertiary/aromatic N) is 4. The van der Waals surface area contributed by atoms with Gasteiger partial charge in [0.1, 0.15) is 5.69 Å². The van der Waals surface area contributed by atoms with Gasteiger partial charge < -0.3 is 0 Å². The molecule has 0 aliphatic rings. The Morgan fingerprint density at radius 2 is 1.80 bits per heavy atom. The van der Waals surface area contributed by atoms with Crippen LogP contribution in [0.25, 0.3) is 5.65 Å². The minimum absolute atomic E-state index is 0.800. The second-order valence-electron chi connectivity index (χ2n) is 5.08. The molecule has 102 valence electrons. The molecule has 5 nitrogen and oxygen atoms in total. The van der Waals surface area contributed by atoms with Crippen molar-refractivity contribution in [2.24, 2.45) is 7.05 Å². The van der Waals surface area contributed by atoms with Gasteiger partial charge in [0.2, 0.25) is 0 Å². The minimum Gasteiger partial charge on any atom is -0.260 e. The molecule has 1 aromatic carbocycles. The Balaban J connectivity index is 2.12. The van der Waals surface area contributed by atoms with E-state index in [1.807, 2.05) is 31.8 Å². The predicted molar refractivity (Wildman–Crippen MR) is 78.1 cm³/mol. The average molecular weight is 268 g/mol. The molecule has 2 heterocycles. The molecule has 0 radical (unpaired) electrons. The Bertz CT molecular complexity index is 771. The van der Waals surface area contributed by atoms with Gasteiger partial charge in [-0.25, -0.2) is 0 Å². The van der Waals surface area contributed by atoms with Gasteiger partial charge in [0.05, 0.1) is 24.6 Å². The highest BCUT2D eigenvalue weighted by molar-refractivity contribution is 5.53. The Kier molecular flexibility index (Phi) is 2.89. The summed E-state index contributed by atoms with van der Waals surface area (Å²) in [5, 5.41) is 7.92. The molecule has 0 aliphatic carbocycles. The maximum absolute atomic E-state index is 4.56. The second kappa shape index (κ2) is 4.59. The van der Waals surface area contributed by atoms with Gasteiger partial charge in [0, 0.05) is 5.10 Å². The lowest BCUT2D eigenvalue weighted by Gasteiger charge is -2.01. The van der Waals surface area contributed by atoms with E-state index >= 15 is 0 Å². The Morgan fingerprint density at radius 1 is 1.10 bits per heavy atom. The van der Waals surface area contributed by atoms with Crippen molar-refractivity contribution in [1.82, 2.24) is 14.8 Å². The topological polar surface area (TPSA) is 46.8 Å². The van der Waals surface area contributed by atoms with Crippen molar-refractivity contribution in [2.45, 2.75) is 20.8 Å². The quantitative estimate of drug-likeness (QED) is 0.725. The molecule has 3 rings (SSSR count). The molecular formula is C15H18N5+. The van der Waals surface area contributed by atoms with Crippen LogP contribution in [-0.4, -0.2) is 14.8 Å². The van der Waals surface area contributed by atoms with Crippen molar-refractivity contribution in [1.29, 1.82) is 0 Å². The normalized spacial score (nSPS) is 11.0. The molecule has 0 aliphatic heterocycles. The summed E-state index contributed by atoms with van der Waals surface area (Å²) in [6.07, 6.45) is 1.87. The predicted octanol–water partition coefficient (Wildman–Crippen LogP) is 2.22. The van der Waals surface area contributed by atoms with E-state index in [1.54, 1.807) is 0 Å². The first-order valence-corrected chi connectivity index (χ1v) is 6.61. The van der Waals surface area contributed by atoms with Crippen LogP contribution in [0.4, 0.5) is 11.6 Å². The van der Waals surface area contributed by atoms with Crippen LogP contribution in [0, 0.1) is 20.8 Å². The van der Waals surface area contributed by atoms with Crippen LogP contribution >= 0.6 is 0 Å². The van der Waals surface area contributed by atoms with Crippen LogP contribution in [-0.2, 0) is 7.05 Å². The first kappa shape index (κ1) is 12.6. The van der Waals surface area contributed by atoms with E-state index in [-0.39, 0.29) is 0 Å². The van der Waals surface area contributed by atoms with Gasteiger partial charge in [-0.15, -0.1) is 4.68 Å². The Labute approximate surface area is 117 Å². The maximum Gasteiger partial charge on any atom is 0.387 e. The number of aromatic nitrogens is 4. The summed E-state index contributed by atoms with van der Waals surface area (Å²) in [5.74, 6) is 0.800. The van der Waals surface area contributed by atoms with Crippen LogP contribution in [0.15, 0.2) is 30.5 Å². The van der Waals surface area contributed by atoms with Crippen LogP contribution in [0.1, 0.15) is 17.0 Å². The second-order valence-corrected chi connectivity index (χ2v) is 5.08. The Morgan fingerprint density at radius 3 is 2.50 bits per heavy atom. The highest BCUT2D eigenvalue weighted by Gasteiger charge is 2.20. The number of hydrogen-bond acceptors (Lipinski definition) is 3. The molecule has 0 fully saturated rings. The third-order valence-electron chi connectivity index (χ3n) is 3.40. The van der Waals surface area contributed by atoms with Crippen molar-refractivity contribution < 1.29 is 4.40 Å². The summed E-state index contributed by atoms with van der Waals surface area (Å²) in [4.78, 5) is 4.39. The zero-order valence-electron chi connectivity index (χ0n) is 12.2. The van der Waals surface area contributed by atoms with Crippen molar-refractivity contribution in [2.75, 3.05) is 5.32 Å². The number of benzene rings is 1. The fraction of sp³-hybridized carbons (Fsp3) is 0.267. The third-order valence-corrected chi connectivity index (χ3v) is 3.40. The fourth-order valence-corrected chi connectivity index (χ4v) is 2.36. The zero-order valence-corrected chi connectivity index (χ0v) is 12.2. The number of aryl methyl sites for hydroxylation is 4. The number of nitrogens with one attached hydrogen (secondary N) is 1. The molecule has 0 saturated heterocycles. The summed E-state index contributed by atoms with van der Waals surface area (Å²) < 4.78 is 3.94. The highest BCUT2D eigenvalue weighted by atomic mass is 15.4. The molecular weight excluding hydrogens is 250 g/mol. The van der Waals surface area contributed by atoms with E-state index in [4.69, 9.17) is 0 Å². The van der Waals surface area contributed by atoms with E-state index in [2.05, 4.69) is 51.0 Å². The largest absolute Gasteiger partial charge is 0.387 e. The minimum atomic E-state index is 0.800. The summed E-state index contributed by atoms with van der Waals surface area (Å²) >= 11 is 0. The van der Waals surface area contributed by atoms with Crippen LogP contribution in [0.3, 0.4) is 0 Å². The van der Waals surface area contributed by atoms with Crippen molar-refractivity contribution in [3.8, 4) is 0 Å². The van der Waals surface area contributed by atoms with E-state index in [0.29, 0.717) is 0 Å². The lowest BCUT2D eigenvalue weighted by Crippen LogP contribution is -2.29. The molecule has 5 heteroatoms. The van der Waals surface area contributed by atoms with Gasteiger partial charge in [-0.1, -0.05) is 17.7 Å². The smallest absolute Gasteiger partial charge is 0.260 e. The lowest BCUT2D eigenvalue weighted by atomic mass is 10.2. The summed E-state index contributed by atoms with van der Waals surface area (Å²) in [6, 6.07) is 8.27. The van der Waals surface area contributed by atoms with Crippen molar-refractivity contribution >= 4 is 17.3 Å². The number of anilines is 2. The van der Waals surface area contributed by atoms with Crippen LogP contribution in [0.2, 0.25) is 0 Å². The number of hydrogen-bond donors (Lipinski definition) is 1. The van der Waals surface area contributed by atoms with Crippen molar-refractivity contribution in [3.63, 3.8) is 0 Å². The van der Waals surface area contributed by atoms with Gasteiger partial charge in [0.15, 0.2) is 0 Å². The molecule has 0 atom stereocenters. The standard InChI is InChI=1S/C15H18N5/c1-10-5-7-13(8-6-10)17-15-18-19(4)14-12(3)16-9-11(2)20(14)15/h5-9H,1-4H3,(H,17,18)/q+1. The van der Waals surface area contributed by atoms with Gasteiger partial charge in [-0.05, 0) is 32.9 Å². The van der Waals surface area contributed by atoms with E-state index in [9.17, 15) is 0 Å². The van der Waals surface area contributed by atoms with E-state index in [1.165, 1.54) is 5.56 Å². The first-order chi connectivity index (χ1) is 9.56. The van der Waals surface area contributed by atoms with Gasteiger partial charge in [0.25, 0.3) is 5.65 Å². The lowest BCUT2D eigenvalue weighted by molar-refractivity contribution is -0.505. The van der Waals surface area contributed by atoms with Gasteiger partial charge >= 0.3 is 5.95 Å². The molecule has 20 heavy (non-hydrogen) atoms. The maximum atomic E-state index is 4.56. The highest BCUT2D eigenvalue weighted by Crippen LogP contribution is 2.14. The van der Waals surface area contributed by atoms with E-state index < -0.39 is 0 Å². The van der Waals surface area contributed by atoms with Gasteiger partial charge in [-0.3, -0.25) is 10.3 Å². The summed E-state index contributed by atoms with van der Waals surface area (Å²) in [7, 11) is 1.93. The Hall–Kier alpha value is -2.43. The molecule has 2 aromatic heterocycles. The van der Waals surface area contributed by atoms with Crippen molar-refractivity contribution in [3.05, 3.63) is 47.4 Å². The fourth-order valence-electron chi connectivity index (χ4n) is 2.36. The van der Waals surface area contributed by atoms with E-state index in [0.717, 1.165) is 28.7 Å². The average Bonchev–Trinajstić information content (AvgIpc) is 2.75. The molecule has 0 saturated carbocycles. The molecule has 0 unspecified atom stereocenters. The van der Waals surface area contributed by atoms with Gasteiger partial charge in [-0.2, -0.15) is 4.40 Å². The summed E-state index contributed by atoms with van der Waals surface area (Å²) in [6.45, 7) is 6.10. The molecule has 0 spiro atoms. The van der Waals surface area contributed by atoms with Crippen LogP contribution < -0.4 is 9.72 Å². The summed E-state index contributed by atoms with van der Waals surface area (Å²) in [5.41, 5.74) is 5.28. The van der Waals surface area contributed by atoms with Crippen LogP contribution in [0.5, 0.6) is 0 Å². The SMILES string of the molecule is Cc1ccc(Nc2nn(C)c3c(C)ncc(C)[n+]23)cc1. The first-order valence-electron chi connectivity index (χ1n) is 6.61. The molecule has 0 amide bonds. The third kappa shape index (κ3) is 2.01. The molecule has 3 aromatic rings. The number of fused-ring (bicyclic) bond motifs is 1. The number of rotatable bonds is 2. The molecule has 0 bridgehead atoms. The monoisotopic (exact) mass is 268 g/mol. The molecule has 1 N–H and O–H groups in total. The zero-order chi connectivity index (χ0) is 14.3.